The lowest BCUT2D eigenvalue weighted by molar-refractivity contribution is 0.670. The van der Waals surface area contributed by atoms with Crippen molar-refractivity contribution in [3.63, 3.8) is 0 Å². The first kappa shape index (κ1) is 24.7. The molecule has 10 aromatic rings. The van der Waals surface area contributed by atoms with Crippen molar-refractivity contribution in [2.75, 3.05) is 0 Å². The van der Waals surface area contributed by atoms with E-state index in [1.54, 1.807) is 0 Å². The van der Waals surface area contributed by atoms with Gasteiger partial charge in [-0.1, -0.05) is 97.1 Å². The summed E-state index contributed by atoms with van der Waals surface area (Å²) in [5.74, 6) is 0. The normalized spacial score (nSPS) is 12.0. The average Bonchev–Trinajstić information content (AvgIpc) is 3.76. The average molecular weight is 593 g/mol. The van der Waals surface area contributed by atoms with Gasteiger partial charge in [0.1, 0.15) is 11.2 Å². The second kappa shape index (κ2) is 9.39. The Morgan fingerprint density at radius 1 is 0.489 bits per heavy atom. The van der Waals surface area contributed by atoms with E-state index in [9.17, 15) is 0 Å². The van der Waals surface area contributed by atoms with Gasteiger partial charge >= 0.3 is 0 Å². The van der Waals surface area contributed by atoms with E-state index in [1.165, 1.54) is 42.0 Å². The Morgan fingerprint density at radius 2 is 1.22 bits per heavy atom. The molecule has 3 nitrogen and oxygen atoms in total. The van der Waals surface area contributed by atoms with Gasteiger partial charge in [-0.15, -0.1) is 11.3 Å². The van der Waals surface area contributed by atoms with E-state index in [0.29, 0.717) is 0 Å². The molecule has 0 amide bonds. The van der Waals surface area contributed by atoms with Crippen LogP contribution in [0.5, 0.6) is 0 Å². The molecule has 45 heavy (non-hydrogen) atoms. The SMILES string of the molecule is c1ccc(-c2cc(-n3c4ccccc4c4cc5sc6ccccc6c5cc43)cc(-c3cccc4c3oc3ccccc34)n2)cc1. The van der Waals surface area contributed by atoms with Crippen LogP contribution in [-0.2, 0) is 0 Å². The lowest BCUT2D eigenvalue weighted by atomic mass is 10.0. The fraction of sp³-hybridized carbons (Fsp3) is 0. The molecule has 0 aliphatic rings. The van der Waals surface area contributed by atoms with Crippen LogP contribution in [0, 0.1) is 0 Å². The summed E-state index contributed by atoms with van der Waals surface area (Å²) in [5.41, 5.74) is 9.02. The molecule has 0 aliphatic carbocycles. The van der Waals surface area contributed by atoms with Crippen molar-refractivity contribution in [3.8, 4) is 28.2 Å². The van der Waals surface area contributed by atoms with Crippen LogP contribution in [0.2, 0.25) is 0 Å². The van der Waals surface area contributed by atoms with Crippen LogP contribution in [0.15, 0.2) is 150 Å². The first-order chi connectivity index (χ1) is 22.3. The maximum absolute atomic E-state index is 6.49. The third kappa shape index (κ3) is 3.67. The van der Waals surface area contributed by atoms with Crippen LogP contribution in [0.4, 0.5) is 0 Å². The molecule has 0 unspecified atom stereocenters. The highest BCUT2D eigenvalue weighted by Crippen LogP contribution is 2.42. The number of fused-ring (bicyclic) bond motifs is 9. The predicted molar refractivity (Wildman–Crippen MR) is 190 cm³/mol. The van der Waals surface area contributed by atoms with E-state index < -0.39 is 0 Å². The molecular weight excluding hydrogens is 569 g/mol. The maximum atomic E-state index is 6.49. The van der Waals surface area contributed by atoms with Gasteiger partial charge in [-0.25, -0.2) is 4.98 Å². The van der Waals surface area contributed by atoms with Crippen molar-refractivity contribution in [2.45, 2.75) is 0 Å². The number of pyridine rings is 1. The zero-order valence-corrected chi connectivity index (χ0v) is 24.9. The van der Waals surface area contributed by atoms with E-state index >= 15 is 0 Å². The quantitative estimate of drug-likeness (QED) is 0.204. The molecule has 4 heteroatoms. The lowest BCUT2D eigenvalue weighted by Gasteiger charge is -2.13. The van der Waals surface area contributed by atoms with Gasteiger partial charge in [-0.3, -0.25) is 0 Å². The molecular formula is C41H24N2OS. The summed E-state index contributed by atoms with van der Waals surface area (Å²) in [6.45, 7) is 0. The number of thiophene rings is 1. The minimum Gasteiger partial charge on any atom is -0.455 e. The highest BCUT2D eigenvalue weighted by molar-refractivity contribution is 7.25. The second-order valence-corrected chi connectivity index (χ2v) is 12.6. The predicted octanol–water partition coefficient (Wildman–Crippen LogP) is 11.8. The van der Waals surface area contributed by atoms with Crippen molar-refractivity contribution >= 4 is 75.3 Å². The van der Waals surface area contributed by atoms with Crippen LogP contribution >= 0.6 is 11.3 Å². The Bertz CT molecular complexity index is 2770. The molecule has 0 radical (unpaired) electrons. The molecule has 10 rings (SSSR count). The van der Waals surface area contributed by atoms with Crippen LogP contribution in [0.25, 0.3) is 92.1 Å². The topological polar surface area (TPSA) is 31.0 Å². The van der Waals surface area contributed by atoms with Crippen LogP contribution in [0.1, 0.15) is 0 Å². The van der Waals surface area contributed by atoms with Gasteiger partial charge in [0, 0.05) is 52.8 Å². The molecule has 210 valence electrons. The smallest absolute Gasteiger partial charge is 0.144 e. The Morgan fingerprint density at radius 3 is 2.13 bits per heavy atom. The number of benzene rings is 6. The number of furan rings is 1. The summed E-state index contributed by atoms with van der Waals surface area (Å²) in [6.07, 6.45) is 0. The lowest BCUT2D eigenvalue weighted by Crippen LogP contribution is -1.98. The van der Waals surface area contributed by atoms with Gasteiger partial charge in [0.2, 0.25) is 0 Å². The third-order valence-electron chi connectivity index (χ3n) is 8.99. The minimum absolute atomic E-state index is 0.857. The number of hydrogen-bond donors (Lipinski definition) is 0. The third-order valence-corrected chi connectivity index (χ3v) is 10.1. The van der Waals surface area contributed by atoms with E-state index in [-0.39, 0.29) is 0 Å². The molecule has 6 aromatic carbocycles. The molecule has 4 aromatic heterocycles. The van der Waals surface area contributed by atoms with Crippen molar-refractivity contribution in [1.29, 1.82) is 0 Å². The van der Waals surface area contributed by atoms with E-state index in [1.807, 2.05) is 29.5 Å². The molecule has 0 aliphatic heterocycles. The summed E-state index contributed by atoms with van der Waals surface area (Å²) < 4.78 is 11.5. The summed E-state index contributed by atoms with van der Waals surface area (Å²) in [5, 5.41) is 7.29. The number of hydrogen-bond acceptors (Lipinski definition) is 3. The van der Waals surface area contributed by atoms with Crippen LogP contribution < -0.4 is 0 Å². The largest absolute Gasteiger partial charge is 0.455 e. The number of rotatable bonds is 3. The summed E-state index contributed by atoms with van der Waals surface area (Å²) in [6, 6.07) is 51.7. The van der Waals surface area contributed by atoms with Gasteiger partial charge < -0.3 is 8.98 Å². The van der Waals surface area contributed by atoms with Crippen molar-refractivity contribution < 1.29 is 4.42 Å². The molecule has 0 bridgehead atoms. The molecule has 0 fully saturated rings. The van der Waals surface area contributed by atoms with Gasteiger partial charge in [-0.05, 0) is 48.5 Å². The fourth-order valence-corrected chi connectivity index (χ4v) is 8.08. The van der Waals surface area contributed by atoms with Gasteiger partial charge in [-0.2, -0.15) is 0 Å². The van der Waals surface area contributed by atoms with Gasteiger partial charge in [0.25, 0.3) is 0 Å². The Hall–Kier alpha value is -5.71. The number of nitrogens with zero attached hydrogens (tertiary/aromatic N) is 2. The standard InChI is InChI=1S/C41H24N2OS/c1-2-11-25(12-3-1)34-21-26(22-35(42-34)31-17-10-16-30-28-14-5-8-19-38(28)44-41(30)31)43-36-18-7-4-13-27(36)32-24-40-33(23-37(32)43)29-15-6-9-20-39(29)45-40/h1-24H. The Kier molecular flexibility index (Phi) is 5.16. The molecule has 4 heterocycles. The molecule has 0 N–H and O–H groups in total. The highest BCUT2D eigenvalue weighted by atomic mass is 32.1. The second-order valence-electron chi connectivity index (χ2n) is 11.6. The monoisotopic (exact) mass is 592 g/mol. The fourth-order valence-electron chi connectivity index (χ4n) is 6.95. The maximum Gasteiger partial charge on any atom is 0.144 e. The number of aromatic nitrogens is 2. The Labute approximate surface area is 262 Å². The first-order valence-corrected chi connectivity index (χ1v) is 15.9. The van der Waals surface area contributed by atoms with Gasteiger partial charge in [0.15, 0.2) is 0 Å². The van der Waals surface area contributed by atoms with Crippen LogP contribution in [0.3, 0.4) is 0 Å². The van der Waals surface area contributed by atoms with E-state index in [2.05, 4.69) is 132 Å². The van der Waals surface area contributed by atoms with Crippen molar-refractivity contribution in [1.82, 2.24) is 9.55 Å². The zero-order chi connectivity index (χ0) is 29.5. The Balaban J connectivity index is 1.31. The van der Waals surface area contributed by atoms with Crippen molar-refractivity contribution in [2.24, 2.45) is 0 Å². The molecule has 0 saturated heterocycles. The van der Waals surface area contributed by atoms with Crippen LogP contribution in [-0.4, -0.2) is 9.55 Å². The minimum atomic E-state index is 0.857. The van der Waals surface area contributed by atoms with E-state index in [4.69, 9.17) is 9.40 Å². The van der Waals surface area contributed by atoms with Gasteiger partial charge in [0.05, 0.1) is 28.1 Å². The summed E-state index contributed by atoms with van der Waals surface area (Å²) in [7, 11) is 0. The molecule has 0 saturated carbocycles. The first-order valence-electron chi connectivity index (χ1n) is 15.1. The molecule has 0 spiro atoms. The molecule has 0 atom stereocenters. The summed E-state index contributed by atoms with van der Waals surface area (Å²) >= 11 is 1.86. The summed E-state index contributed by atoms with van der Waals surface area (Å²) in [4.78, 5) is 5.28. The van der Waals surface area contributed by atoms with Crippen molar-refractivity contribution in [3.05, 3.63) is 146 Å². The highest BCUT2D eigenvalue weighted by Gasteiger charge is 2.19. The van der Waals surface area contributed by atoms with E-state index in [0.717, 1.165) is 50.1 Å². The zero-order valence-electron chi connectivity index (χ0n) is 24.1. The number of para-hydroxylation sites is 3.